The number of carbonyl (C=O) groups is 1. The fourth-order valence-corrected chi connectivity index (χ4v) is 1.36. The van der Waals surface area contributed by atoms with E-state index in [9.17, 15) is 13.2 Å². The maximum atomic E-state index is 10.6. The first-order chi connectivity index (χ1) is 9.24. The maximum Gasteiger partial charge on any atom is 0.264 e. The highest BCUT2D eigenvalue weighted by Gasteiger charge is 2.01. The average Bonchev–Trinajstić information content (AvgIpc) is 2.33. The summed E-state index contributed by atoms with van der Waals surface area (Å²) >= 11 is 0. The summed E-state index contributed by atoms with van der Waals surface area (Å²) in [5, 5.41) is 8.06. The van der Waals surface area contributed by atoms with E-state index in [1.54, 1.807) is 38.1 Å². The van der Waals surface area contributed by atoms with Gasteiger partial charge in [-0.05, 0) is 38.1 Å². The van der Waals surface area contributed by atoms with Crippen molar-refractivity contribution in [2.24, 2.45) is 0 Å². The van der Waals surface area contributed by atoms with Crippen LogP contribution in [0.15, 0.2) is 24.3 Å². The van der Waals surface area contributed by atoms with Crippen LogP contribution < -0.4 is 4.74 Å². The minimum absolute atomic E-state index is 0.0335. The first kappa shape index (κ1) is 18.6. The van der Waals surface area contributed by atoms with Gasteiger partial charge in [0.15, 0.2) is 0 Å². The highest BCUT2D eigenvalue weighted by molar-refractivity contribution is 7.85. The van der Waals surface area contributed by atoms with E-state index in [0.29, 0.717) is 11.3 Å². The first-order valence-corrected chi connectivity index (χ1v) is 7.76. The van der Waals surface area contributed by atoms with Gasteiger partial charge in [0.05, 0.1) is 6.26 Å². The Morgan fingerprint density at radius 3 is 2.10 bits per heavy atom. The van der Waals surface area contributed by atoms with Gasteiger partial charge >= 0.3 is 0 Å². The number of aldehydes is 1. The molecule has 0 heterocycles. The quantitative estimate of drug-likeness (QED) is 0.483. The van der Waals surface area contributed by atoms with E-state index in [-0.39, 0.29) is 19.3 Å². The maximum absolute atomic E-state index is 10.6. The second kappa shape index (κ2) is 9.46. The van der Waals surface area contributed by atoms with Crippen LogP contribution in [-0.2, 0) is 14.3 Å². The molecule has 0 amide bonds. The molecule has 1 aromatic carbocycles. The van der Waals surface area contributed by atoms with Crippen molar-refractivity contribution in [2.75, 3.05) is 19.5 Å². The largest absolute Gasteiger partial charge is 0.491 e. The van der Waals surface area contributed by atoms with E-state index < -0.39 is 10.1 Å². The molecule has 1 N–H and O–H groups in total. The molecule has 0 spiro atoms. The van der Waals surface area contributed by atoms with Crippen LogP contribution in [0.5, 0.6) is 5.75 Å². The summed E-state index contributed by atoms with van der Waals surface area (Å²) < 4.78 is 30.9. The number of ether oxygens (including phenoxy) is 1. The zero-order chi connectivity index (χ0) is 15.6. The summed E-state index contributed by atoms with van der Waals surface area (Å²) in [6.07, 6.45) is 1.54. The molecule has 0 saturated heterocycles. The standard InChI is InChI=1S/C10H12O5S.C3H8O/c1-16(12,13)15-7-6-14-10-4-2-9(8-11)3-5-10;1-3(2)4/h2-5,8H,6-7H2,1H3;3-4H,1-2H3. The number of rotatable bonds is 6. The van der Waals surface area contributed by atoms with Gasteiger partial charge in [-0.25, -0.2) is 0 Å². The van der Waals surface area contributed by atoms with Gasteiger partial charge < -0.3 is 9.84 Å². The Morgan fingerprint density at radius 1 is 1.20 bits per heavy atom. The summed E-state index contributed by atoms with van der Waals surface area (Å²) in [6, 6.07) is 6.48. The smallest absolute Gasteiger partial charge is 0.264 e. The van der Waals surface area contributed by atoms with Crippen LogP contribution in [0.25, 0.3) is 0 Å². The minimum atomic E-state index is -3.42. The molecule has 0 unspecified atom stereocenters. The third-order valence-electron chi connectivity index (χ3n) is 1.67. The molecule has 0 radical (unpaired) electrons. The highest BCUT2D eigenvalue weighted by Crippen LogP contribution is 2.10. The van der Waals surface area contributed by atoms with Crippen LogP contribution in [0.2, 0.25) is 0 Å². The third-order valence-corrected chi connectivity index (χ3v) is 2.26. The summed E-state index contributed by atoms with van der Waals surface area (Å²) in [7, 11) is -3.42. The van der Waals surface area contributed by atoms with Gasteiger partial charge in [-0.1, -0.05) is 0 Å². The molecule has 0 bridgehead atoms. The minimum Gasteiger partial charge on any atom is -0.491 e. The predicted octanol–water partition coefficient (Wildman–Crippen LogP) is 1.24. The lowest BCUT2D eigenvalue weighted by atomic mass is 10.2. The predicted molar refractivity (Wildman–Crippen MR) is 75.5 cm³/mol. The van der Waals surface area contributed by atoms with Crippen LogP contribution in [-0.4, -0.2) is 45.4 Å². The lowest BCUT2D eigenvalue weighted by Crippen LogP contribution is -2.11. The molecular formula is C13H20O6S. The number of aliphatic hydroxyl groups excluding tert-OH is 1. The molecule has 0 atom stereocenters. The van der Waals surface area contributed by atoms with Gasteiger partial charge in [-0.2, -0.15) is 8.42 Å². The van der Waals surface area contributed by atoms with Crippen LogP contribution >= 0.6 is 0 Å². The Morgan fingerprint density at radius 2 is 1.70 bits per heavy atom. The van der Waals surface area contributed by atoms with Crippen molar-refractivity contribution < 1.29 is 27.2 Å². The molecule has 0 fully saturated rings. The molecule has 0 aliphatic carbocycles. The van der Waals surface area contributed by atoms with Crippen LogP contribution in [0.4, 0.5) is 0 Å². The molecule has 20 heavy (non-hydrogen) atoms. The van der Waals surface area contributed by atoms with E-state index >= 15 is 0 Å². The second-order valence-electron chi connectivity index (χ2n) is 4.16. The topological polar surface area (TPSA) is 89.9 Å². The van der Waals surface area contributed by atoms with Crippen molar-refractivity contribution in [1.29, 1.82) is 0 Å². The van der Waals surface area contributed by atoms with Gasteiger partial charge in [-0.3, -0.25) is 8.98 Å². The molecule has 0 saturated carbocycles. The second-order valence-corrected chi connectivity index (χ2v) is 5.80. The van der Waals surface area contributed by atoms with E-state index in [1.807, 2.05) is 0 Å². The van der Waals surface area contributed by atoms with Crippen LogP contribution in [0, 0.1) is 0 Å². The molecule has 0 aromatic heterocycles. The van der Waals surface area contributed by atoms with Crippen molar-refractivity contribution in [3.05, 3.63) is 29.8 Å². The number of hydrogen-bond acceptors (Lipinski definition) is 6. The molecular weight excluding hydrogens is 284 g/mol. The van der Waals surface area contributed by atoms with Gasteiger partial charge in [0.25, 0.3) is 10.1 Å². The average molecular weight is 304 g/mol. The Balaban J connectivity index is 0.000000796. The molecule has 6 nitrogen and oxygen atoms in total. The normalized spacial score (nSPS) is 10.7. The van der Waals surface area contributed by atoms with Gasteiger partial charge in [-0.15, -0.1) is 0 Å². The monoisotopic (exact) mass is 304 g/mol. The Kier molecular flexibility index (Phi) is 8.78. The number of hydrogen-bond donors (Lipinski definition) is 1. The third kappa shape index (κ3) is 11.6. The fraction of sp³-hybridized carbons (Fsp3) is 0.462. The molecule has 0 aliphatic heterocycles. The Bertz CT molecular complexity index is 475. The zero-order valence-corrected chi connectivity index (χ0v) is 12.6. The summed E-state index contributed by atoms with van der Waals surface area (Å²) in [5.41, 5.74) is 0.555. The van der Waals surface area contributed by atoms with Crippen molar-refractivity contribution >= 4 is 16.4 Å². The molecule has 0 aliphatic rings. The summed E-state index contributed by atoms with van der Waals surface area (Å²) in [6.45, 7) is 3.54. The van der Waals surface area contributed by atoms with Gasteiger partial charge in [0.1, 0.15) is 25.2 Å². The molecule has 1 rings (SSSR count). The summed E-state index contributed by atoms with van der Waals surface area (Å²) in [5.74, 6) is 0.558. The van der Waals surface area contributed by atoms with Crippen molar-refractivity contribution in [3.8, 4) is 5.75 Å². The van der Waals surface area contributed by atoms with Gasteiger partial charge in [0.2, 0.25) is 0 Å². The lowest BCUT2D eigenvalue weighted by molar-refractivity contribution is 0.112. The first-order valence-electron chi connectivity index (χ1n) is 5.95. The lowest BCUT2D eigenvalue weighted by Gasteiger charge is -2.05. The summed E-state index contributed by atoms with van der Waals surface area (Å²) in [4.78, 5) is 10.4. The van der Waals surface area contributed by atoms with Crippen molar-refractivity contribution in [1.82, 2.24) is 0 Å². The van der Waals surface area contributed by atoms with Crippen LogP contribution in [0.1, 0.15) is 24.2 Å². The molecule has 7 heteroatoms. The number of benzene rings is 1. The van der Waals surface area contributed by atoms with E-state index in [1.165, 1.54) is 0 Å². The van der Waals surface area contributed by atoms with Crippen LogP contribution in [0.3, 0.4) is 0 Å². The number of carbonyl (C=O) groups excluding carboxylic acids is 1. The van der Waals surface area contributed by atoms with E-state index in [0.717, 1.165) is 12.5 Å². The highest BCUT2D eigenvalue weighted by atomic mass is 32.2. The number of aliphatic hydroxyl groups is 1. The molecule has 114 valence electrons. The van der Waals surface area contributed by atoms with Crippen molar-refractivity contribution in [3.63, 3.8) is 0 Å². The molecule has 1 aromatic rings. The van der Waals surface area contributed by atoms with E-state index in [2.05, 4.69) is 4.18 Å². The fourth-order valence-electron chi connectivity index (χ4n) is 0.988. The Labute approximate surface area is 119 Å². The Hall–Kier alpha value is -1.44. The van der Waals surface area contributed by atoms with Crippen molar-refractivity contribution in [2.45, 2.75) is 20.0 Å². The van der Waals surface area contributed by atoms with E-state index in [4.69, 9.17) is 9.84 Å². The SMILES string of the molecule is CC(C)O.CS(=O)(=O)OCCOc1ccc(C=O)cc1. The van der Waals surface area contributed by atoms with Gasteiger partial charge in [0, 0.05) is 11.7 Å². The zero-order valence-electron chi connectivity index (χ0n) is 11.8.